The van der Waals surface area contributed by atoms with Gasteiger partial charge in [0.15, 0.2) is 0 Å². The van der Waals surface area contributed by atoms with Gasteiger partial charge in [-0.05, 0) is 74.2 Å². The molecule has 4 N–H and O–H groups in total. The molecule has 0 aromatic heterocycles. The molecular weight excluding hydrogens is 396 g/mol. The fraction of sp³-hybridized carbons (Fsp3) is 0.680. The predicted molar refractivity (Wildman–Crippen MR) is 117 cm³/mol. The van der Waals surface area contributed by atoms with Crippen LogP contribution in [0.2, 0.25) is 0 Å². The van der Waals surface area contributed by atoms with E-state index < -0.39 is 24.1 Å². The molecule has 0 unspecified atom stereocenters. The minimum Gasteiger partial charge on any atom is -0.478 e. The maximum Gasteiger partial charge on any atom is 0.331 e. The van der Waals surface area contributed by atoms with E-state index in [-0.39, 0.29) is 28.7 Å². The Balaban J connectivity index is 1.88. The molecule has 8 atom stereocenters. The number of hydrogen-bond donors (Lipinski definition) is 4. The quantitative estimate of drug-likeness (QED) is 0.375. The number of allylic oxidation sites excluding steroid dienone is 2. The average molecular weight is 433 g/mol. The first-order valence-electron chi connectivity index (χ1n) is 11.4. The van der Waals surface area contributed by atoms with Crippen LogP contribution in [0, 0.1) is 35.0 Å². The first kappa shape index (κ1) is 23.7. The molecule has 0 spiro atoms. The lowest BCUT2D eigenvalue weighted by Gasteiger charge is -2.41. The molecule has 6 heteroatoms. The van der Waals surface area contributed by atoms with Crippen molar-refractivity contribution in [3.63, 3.8) is 0 Å². The molecule has 3 rings (SSSR count). The topological polar surface area (TPSA) is 115 Å². The van der Waals surface area contributed by atoms with Crippen molar-refractivity contribution in [2.24, 2.45) is 35.0 Å². The Labute approximate surface area is 184 Å². The van der Waals surface area contributed by atoms with E-state index in [1.54, 1.807) is 0 Å². The van der Waals surface area contributed by atoms with E-state index in [2.05, 4.69) is 19.9 Å². The number of fused-ring (bicyclic) bond motifs is 2. The van der Waals surface area contributed by atoms with Gasteiger partial charge in [-0.3, -0.25) is 0 Å². The van der Waals surface area contributed by atoms with Crippen LogP contribution in [0.15, 0.2) is 34.9 Å². The second-order valence-electron chi connectivity index (χ2n) is 10.3. The van der Waals surface area contributed by atoms with E-state index >= 15 is 0 Å². The maximum absolute atomic E-state index is 12.0. The van der Waals surface area contributed by atoms with Crippen molar-refractivity contribution < 1.29 is 30.0 Å². The summed E-state index contributed by atoms with van der Waals surface area (Å²) >= 11 is 0. The standard InChI is InChI=1S/C25H36O6/c1-13-5-6-17-18(24(30)31)7-8-20-16(9-10-25(20,4)12-19(13)17)15(3)22(27)21(26)11-14(2)23(28)29/h7,9,11,13,15,17,19-22,26-27H,5-6,8,10,12H2,1-4H3,(H,28,29)(H,30,31)/b14-11+,18-7+/t13-,15+,17-,19-,20-,21-,22-,25+/m1/s1. The highest BCUT2D eigenvalue weighted by Crippen LogP contribution is 2.57. The first-order chi connectivity index (χ1) is 14.5. The number of aliphatic hydroxyl groups excluding tert-OH is 2. The summed E-state index contributed by atoms with van der Waals surface area (Å²) in [6, 6.07) is 0. The molecule has 6 nitrogen and oxygen atoms in total. The minimum atomic E-state index is -1.28. The van der Waals surface area contributed by atoms with Crippen LogP contribution in [0.5, 0.6) is 0 Å². The molecule has 3 aliphatic carbocycles. The van der Waals surface area contributed by atoms with E-state index in [4.69, 9.17) is 5.11 Å². The van der Waals surface area contributed by atoms with Crippen LogP contribution in [0.1, 0.15) is 59.8 Å². The molecule has 0 aliphatic heterocycles. The maximum atomic E-state index is 12.0. The van der Waals surface area contributed by atoms with Crippen molar-refractivity contribution in [1.82, 2.24) is 0 Å². The normalized spacial score (nSPS) is 37.9. The summed E-state index contributed by atoms with van der Waals surface area (Å²) in [5.74, 6) is -1.28. The Morgan fingerprint density at radius 3 is 2.48 bits per heavy atom. The molecule has 0 radical (unpaired) electrons. The number of hydrogen-bond acceptors (Lipinski definition) is 4. The third kappa shape index (κ3) is 4.51. The summed E-state index contributed by atoms with van der Waals surface area (Å²) < 4.78 is 0. The van der Waals surface area contributed by atoms with Crippen molar-refractivity contribution in [3.8, 4) is 0 Å². The van der Waals surface area contributed by atoms with Crippen molar-refractivity contribution in [1.29, 1.82) is 0 Å². The minimum absolute atomic E-state index is 0.00904. The van der Waals surface area contributed by atoms with Gasteiger partial charge in [-0.25, -0.2) is 9.59 Å². The number of rotatable bonds is 6. The molecule has 0 aromatic carbocycles. The van der Waals surface area contributed by atoms with Crippen LogP contribution >= 0.6 is 0 Å². The molecule has 0 saturated heterocycles. The van der Waals surface area contributed by atoms with Crippen LogP contribution < -0.4 is 0 Å². The van der Waals surface area contributed by atoms with Gasteiger partial charge in [0, 0.05) is 17.1 Å². The van der Waals surface area contributed by atoms with Gasteiger partial charge >= 0.3 is 11.9 Å². The summed E-state index contributed by atoms with van der Waals surface area (Å²) in [6.07, 6.45) is 7.26. The molecule has 172 valence electrons. The van der Waals surface area contributed by atoms with Gasteiger partial charge in [-0.2, -0.15) is 0 Å². The molecule has 0 aromatic rings. The van der Waals surface area contributed by atoms with Gasteiger partial charge in [0.05, 0.1) is 12.2 Å². The van der Waals surface area contributed by atoms with E-state index in [0.29, 0.717) is 23.8 Å². The van der Waals surface area contributed by atoms with Crippen LogP contribution in [-0.4, -0.2) is 44.6 Å². The second-order valence-corrected chi connectivity index (χ2v) is 10.3. The fourth-order valence-corrected chi connectivity index (χ4v) is 6.28. The summed E-state index contributed by atoms with van der Waals surface area (Å²) in [5, 5.41) is 40.1. The van der Waals surface area contributed by atoms with Crippen molar-refractivity contribution in [2.75, 3.05) is 0 Å². The number of aliphatic hydroxyl groups is 2. The Kier molecular flexibility index (Phi) is 6.82. The lowest BCUT2D eigenvalue weighted by Crippen LogP contribution is -2.37. The average Bonchev–Trinajstić information content (AvgIpc) is 3.19. The Morgan fingerprint density at radius 2 is 1.87 bits per heavy atom. The summed E-state index contributed by atoms with van der Waals surface area (Å²) in [6.45, 7) is 7.75. The summed E-state index contributed by atoms with van der Waals surface area (Å²) in [7, 11) is 0. The largest absolute Gasteiger partial charge is 0.478 e. The van der Waals surface area contributed by atoms with Gasteiger partial charge in [0.25, 0.3) is 0 Å². The van der Waals surface area contributed by atoms with E-state index in [1.807, 2.05) is 13.0 Å². The zero-order valence-corrected chi connectivity index (χ0v) is 18.9. The molecule has 0 bridgehead atoms. The third-order valence-electron chi connectivity index (χ3n) is 8.30. The predicted octanol–water partition coefficient (Wildman–Crippen LogP) is 3.79. The number of aliphatic carboxylic acids is 2. The van der Waals surface area contributed by atoms with Gasteiger partial charge in [-0.15, -0.1) is 0 Å². The second kappa shape index (κ2) is 8.91. The number of carbonyl (C=O) groups is 2. The lowest BCUT2D eigenvalue weighted by molar-refractivity contribution is -0.134. The zero-order valence-electron chi connectivity index (χ0n) is 18.9. The fourth-order valence-electron chi connectivity index (χ4n) is 6.28. The Morgan fingerprint density at radius 1 is 1.19 bits per heavy atom. The van der Waals surface area contributed by atoms with E-state index in [0.717, 1.165) is 31.3 Å². The first-order valence-corrected chi connectivity index (χ1v) is 11.4. The highest BCUT2D eigenvalue weighted by atomic mass is 16.4. The highest BCUT2D eigenvalue weighted by Gasteiger charge is 2.49. The molecule has 1 saturated carbocycles. The van der Waals surface area contributed by atoms with Gasteiger partial charge < -0.3 is 20.4 Å². The number of carboxylic acid groups (broad SMARTS) is 2. The Hall–Kier alpha value is -1.92. The molecule has 3 aliphatic rings. The van der Waals surface area contributed by atoms with Crippen LogP contribution in [0.4, 0.5) is 0 Å². The van der Waals surface area contributed by atoms with Gasteiger partial charge in [0.1, 0.15) is 0 Å². The summed E-state index contributed by atoms with van der Waals surface area (Å²) in [5.41, 5.74) is 1.56. The lowest BCUT2D eigenvalue weighted by atomic mass is 9.63. The van der Waals surface area contributed by atoms with Crippen LogP contribution in [0.3, 0.4) is 0 Å². The smallest absolute Gasteiger partial charge is 0.331 e. The number of carboxylic acids is 2. The van der Waals surface area contributed by atoms with Crippen molar-refractivity contribution in [2.45, 2.75) is 72.0 Å². The Bertz CT molecular complexity index is 824. The van der Waals surface area contributed by atoms with E-state index in [9.17, 15) is 24.9 Å². The summed E-state index contributed by atoms with van der Waals surface area (Å²) in [4.78, 5) is 23.1. The van der Waals surface area contributed by atoms with Crippen LogP contribution in [0.25, 0.3) is 0 Å². The van der Waals surface area contributed by atoms with Crippen molar-refractivity contribution >= 4 is 11.9 Å². The van der Waals surface area contributed by atoms with Crippen molar-refractivity contribution in [3.05, 3.63) is 34.9 Å². The van der Waals surface area contributed by atoms with E-state index in [1.165, 1.54) is 13.0 Å². The molecule has 0 heterocycles. The molecule has 31 heavy (non-hydrogen) atoms. The van der Waals surface area contributed by atoms with Gasteiger partial charge in [0.2, 0.25) is 0 Å². The highest BCUT2D eigenvalue weighted by molar-refractivity contribution is 5.87. The third-order valence-corrected chi connectivity index (χ3v) is 8.30. The van der Waals surface area contributed by atoms with Crippen LogP contribution in [-0.2, 0) is 9.59 Å². The monoisotopic (exact) mass is 432 g/mol. The van der Waals surface area contributed by atoms with Gasteiger partial charge in [-0.1, -0.05) is 38.5 Å². The molecular formula is C25H36O6. The molecule has 1 fully saturated rings. The molecule has 0 amide bonds. The SMILES string of the molecule is C/C(=C\[C@@H](O)[C@H](O)[C@@H](C)C1=CC[C@@]2(C)C[C@@H]3[C@H](C)CC[C@@H]3/C(C(=O)O)=C\C[C@H]12)C(=O)O. The zero-order chi connectivity index (χ0) is 23.1.